The highest BCUT2D eigenvalue weighted by Gasteiger charge is 2.22. The highest BCUT2D eigenvalue weighted by atomic mass is 16.4. The third kappa shape index (κ3) is 2.81. The van der Waals surface area contributed by atoms with E-state index in [-0.39, 0.29) is 5.91 Å². The number of rotatable bonds is 5. The van der Waals surface area contributed by atoms with Gasteiger partial charge in [0.2, 0.25) is 0 Å². The van der Waals surface area contributed by atoms with Crippen LogP contribution in [0.5, 0.6) is 0 Å². The molecule has 1 aliphatic heterocycles. The Morgan fingerprint density at radius 2 is 2.26 bits per heavy atom. The maximum Gasteiger partial charge on any atom is 0.326 e. The second-order valence-electron chi connectivity index (χ2n) is 4.48. The van der Waals surface area contributed by atoms with Gasteiger partial charge in [0.15, 0.2) is 0 Å². The maximum absolute atomic E-state index is 12.1. The third-order valence-electron chi connectivity index (χ3n) is 3.08. The van der Waals surface area contributed by atoms with Crippen LogP contribution in [0.1, 0.15) is 35.7 Å². The van der Waals surface area contributed by atoms with Crippen LogP contribution in [-0.2, 0) is 11.2 Å². The molecule has 1 aromatic rings. The van der Waals surface area contributed by atoms with Gasteiger partial charge in [0.1, 0.15) is 6.04 Å². The average Bonchev–Trinajstić information content (AvgIpc) is 2.85. The first-order chi connectivity index (χ1) is 9.13. The molecule has 2 rings (SSSR count). The van der Waals surface area contributed by atoms with Gasteiger partial charge < -0.3 is 10.4 Å². The van der Waals surface area contributed by atoms with Gasteiger partial charge in [-0.1, -0.05) is 25.5 Å². The lowest BCUT2D eigenvalue weighted by Crippen LogP contribution is -2.40. The number of nitrogens with zero attached hydrogens (tertiary/aromatic N) is 1. The lowest BCUT2D eigenvalue weighted by molar-refractivity contribution is -0.139. The van der Waals surface area contributed by atoms with Crippen LogP contribution < -0.4 is 5.32 Å². The number of carbonyl (C=O) groups is 2. The minimum Gasteiger partial charge on any atom is -0.480 e. The second kappa shape index (κ2) is 5.65. The van der Waals surface area contributed by atoms with Crippen molar-refractivity contribution in [3.05, 3.63) is 29.3 Å². The van der Waals surface area contributed by atoms with Gasteiger partial charge in [0, 0.05) is 12.6 Å². The molecule has 0 fully saturated rings. The molecule has 1 unspecified atom stereocenters. The van der Waals surface area contributed by atoms with Gasteiger partial charge in [-0.2, -0.15) is 0 Å². The van der Waals surface area contributed by atoms with Crippen molar-refractivity contribution < 1.29 is 14.7 Å². The Kier molecular flexibility index (Phi) is 3.94. The Hall–Kier alpha value is -2.17. The predicted octanol–water partition coefficient (Wildman–Crippen LogP) is 1.93. The third-order valence-corrected chi connectivity index (χ3v) is 3.08. The van der Waals surface area contributed by atoms with Crippen LogP contribution in [0.4, 0.5) is 5.69 Å². The van der Waals surface area contributed by atoms with E-state index >= 15 is 0 Å². The van der Waals surface area contributed by atoms with Gasteiger partial charge in [-0.05, 0) is 18.1 Å². The molecule has 1 atom stereocenters. The minimum atomic E-state index is -1.01. The number of carboxylic acid groups (broad SMARTS) is 1. The van der Waals surface area contributed by atoms with Crippen LogP contribution in [0.25, 0.3) is 0 Å². The van der Waals surface area contributed by atoms with Crippen molar-refractivity contribution in [2.24, 2.45) is 4.99 Å². The molecule has 0 radical (unpaired) electrons. The molecule has 1 amide bonds. The number of nitrogens with one attached hydrogen (secondary N) is 1. The van der Waals surface area contributed by atoms with Crippen molar-refractivity contribution in [1.82, 2.24) is 5.32 Å². The van der Waals surface area contributed by atoms with Crippen molar-refractivity contribution in [1.29, 1.82) is 0 Å². The zero-order valence-corrected chi connectivity index (χ0v) is 10.7. The lowest BCUT2D eigenvalue weighted by atomic mass is 10.1. The van der Waals surface area contributed by atoms with E-state index in [9.17, 15) is 9.59 Å². The molecule has 0 aromatic heterocycles. The van der Waals surface area contributed by atoms with Gasteiger partial charge in [0.05, 0.1) is 11.3 Å². The zero-order valence-electron chi connectivity index (χ0n) is 10.7. The summed E-state index contributed by atoms with van der Waals surface area (Å²) in [6.07, 6.45) is 3.58. The summed E-state index contributed by atoms with van der Waals surface area (Å²) in [6.45, 7) is 1.88. The molecule has 2 N–H and O–H groups in total. The van der Waals surface area contributed by atoms with Crippen molar-refractivity contribution in [2.45, 2.75) is 32.2 Å². The molecule has 19 heavy (non-hydrogen) atoms. The van der Waals surface area contributed by atoms with E-state index in [4.69, 9.17) is 5.11 Å². The average molecular weight is 260 g/mol. The van der Waals surface area contributed by atoms with E-state index in [1.807, 2.05) is 13.0 Å². The summed E-state index contributed by atoms with van der Waals surface area (Å²) in [6, 6.07) is 4.53. The molecule has 100 valence electrons. The standard InChI is InChI=1S/C14H16N2O3/c1-2-4-11(14(18)19)16-13(17)10-6-3-5-9-7-8-15-12(9)10/h3,5-6,8,11H,2,4,7H2,1H3,(H,16,17)(H,18,19). The zero-order chi connectivity index (χ0) is 13.8. The Morgan fingerprint density at radius 1 is 1.47 bits per heavy atom. The number of para-hydroxylation sites is 1. The second-order valence-corrected chi connectivity index (χ2v) is 4.48. The molecule has 0 aliphatic carbocycles. The van der Waals surface area contributed by atoms with Crippen molar-refractivity contribution >= 4 is 23.8 Å². The first-order valence-corrected chi connectivity index (χ1v) is 6.31. The van der Waals surface area contributed by atoms with Crippen molar-refractivity contribution in [2.75, 3.05) is 0 Å². The summed E-state index contributed by atoms with van der Waals surface area (Å²) in [7, 11) is 0. The van der Waals surface area contributed by atoms with Gasteiger partial charge >= 0.3 is 5.97 Å². The van der Waals surface area contributed by atoms with Crippen LogP contribution in [0.2, 0.25) is 0 Å². The molecule has 0 bridgehead atoms. The monoisotopic (exact) mass is 260 g/mol. The first-order valence-electron chi connectivity index (χ1n) is 6.31. The highest BCUT2D eigenvalue weighted by Crippen LogP contribution is 2.28. The Morgan fingerprint density at radius 3 is 2.95 bits per heavy atom. The van der Waals surface area contributed by atoms with Crippen LogP contribution in [0.15, 0.2) is 23.2 Å². The molecular weight excluding hydrogens is 244 g/mol. The molecule has 0 saturated carbocycles. The predicted molar refractivity (Wildman–Crippen MR) is 72.1 cm³/mol. The number of carboxylic acids is 1. The topological polar surface area (TPSA) is 78.8 Å². The smallest absolute Gasteiger partial charge is 0.326 e. The lowest BCUT2D eigenvalue weighted by Gasteiger charge is -2.14. The molecule has 1 aliphatic rings. The molecule has 0 spiro atoms. The molecular formula is C14H16N2O3. The fraction of sp³-hybridized carbons (Fsp3) is 0.357. The summed E-state index contributed by atoms with van der Waals surface area (Å²) in [5, 5.41) is 11.6. The van der Waals surface area contributed by atoms with E-state index in [1.165, 1.54) is 0 Å². The summed E-state index contributed by atoms with van der Waals surface area (Å²) >= 11 is 0. The number of carbonyl (C=O) groups excluding carboxylic acids is 1. The fourth-order valence-corrected chi connectivity index (χ4v) is 2.11. The van der Waals surface area contributed by atoms with E-state index in [1.54, 1.807) is 18.3 Å². The van der Waals surface area contributed by atoms with E-state index in [2.05, 4.69) is 10.3 Å². The number of amides is 1. The number of fused-ring (bicyclic) bond motifs is 1. The molecule has 1 aromatic carbocycles. The van der Waals surface area contributed by atoms with Crippen LogP contribution in [0, 0.1) is 0 Å². The summed E-state index contributed by atoms with van der Waals surface area (Å²) in [5.74, 6) is -1.39. The number of hydrogen-bond acceptors (Lipinski definition) is 3. The Balaban J connectivity index is 2.18. The molecule has 5 heteroatoms. The largest absolute Gasteiger partial charge is 0.480 e. The Bertz CT molecular complexity index is 537. The maximum atomic E-state index is 12.1. The number of aliphatic carboxylic acids is 1. The number of hydrogen-bond donors (Lipinski definition) is 2. The normalized spacial score (nSPS) is 13.9. The van der Waals surface area contributed by atoms with E-state index < -0.39 is 12.0 Å². The Labute approximate surface area is 111 Å². The number of benzene rings is 1. The van der Waals surface area contributed by atoms with Crippen molar-refractivity contribution in [3.63, 3.8) is 0 Å². The molecule has 5 nitrogen and oxygen atoms in total. The fourth-order valence-electron chi connectivity index (χ4n) is 2.11. The van der Waals surface area contributed by atoms with E-state index in [0.29, 0.717) is 30.5 Å². The molecule has 0 saturated heterocycles. The summed E-state index contributed by atoms with van der Waals surface area (Å²) in [4.78, 5) is 27.4. The first kappa shape index (κ1) is 13.3. The highest BCUT2D eigenvalue weighted by molar-refractivity contribution is 6.02. The number of aliphatic imine (C=N–C) groups is 1. The van der Waals surface area contributed by atoms with Crippen LogP contribution >= 0.6 is 0 Å². The van der Waals surface area contributed by atoms with Crippen LogP contribution in [-0.4, -0.2) is 29.2 Å². The molecule has 1 heterocycles. The van der Waals surface area contributed by atoms with E-state index in [0.717, 1.165) is 5.56 Å². The minimum absolute atomic E-state index is 0.378. The van der Waals surface area contributed by atoms with Gasteiger partial charge in [0.25, 0.3) is 5.91 Å². The van der Waals surface area contributed by atoms with Gasteiger partial charge in [-0.15, -0.1) is 0 Å². The van der Waals surface area contributed by atoms with Crippen molar-refractivity contribution in [3.8, 4) is 0 Å². The quantitative estimate of drug-likeness (QED) is 0.849. The SMILES string of the molecule is CCCC(NC(=O)c1cccc2c1N=CC2)C(=O)O. The summed E-state index contributed by atoms with van der Waals surface area (Å²) < 4.78 is 0. The van der Waals surface area contributed by atoms with Gasteiger partial charge in [-0.25, -0.2) is 4.79 Å². The summed E-state index contributed by atoms with van der Waals surface area (Å²) in [5.41, 5.74) is 2.09. The van der Waals surface area contributed by atoms with Gasteiger partial charge in [-0.3, -0.25) is 9.79 Å². The van der Waals surface area contributed by atoms with Crippen LogP contribution in [0.3, 0.4) is 0 Å².